The van der Waals surface area contributed by atoms with Crippen LogP contribution in [0.2, 0.25) is 0 Å². The van der Waals surface area contributed by atoms with E-state index in [2.05, 4.69) is 4.98 Å². The third-order valence-corrected chi connectivity index (χ3v) is 2.57. The number of likely N-dealkylation sites (N-methyl/N-ethyl adjacent to an activating group) is 2. The first-order chi connectivity index (χ1) is 7.93. The van der Waals surface area contributed by atoms with Crippen LogP contribution in [0.4, 0.5) is 5.69 Å². The molecule has 0 radical (unpaired) electrons. The zero-order chi connectivity index (χ0) is 13.0. The predicted octanol–water partition coefficient (Wildman–Crippen LogP) is 0.240. The average molecular weight is 252 g/mol. The highest BCUT2D eigenvalue weighted by atomic mass is 32.1. The van der Waals surface area contributed by atoms with Gasteiger partial charge in [-0.15, -0.1) is 0 Å². The molecule has 0 bridgehead atoms. The zero-order valence-corrected chi connectivity index (χ0v) is 11.0. The molecule has 1 amide bonds. The molecule has 6 heteroatoms. The highest BCUT2D eigenvalue weighted by Gasteiger charge is 2.13. The van der Waals surface area contributed by atoms with Crippen LogP contribution in [0.25, 0.3) is 0 Å². The highest BCUT2D eigenvalue weighted by molar-refractivity contribution is 7.80. The number of rotatable bonds is 4. The molecule has 2 N–H and O–H groups in total. The molecule has 1 aromatic rings. The summed E-state index contributed by atoms with van der Waals surface area (Å²) in [5, 5.41) is 0. The van der Waals surface area contributed by atoms with Crippen molar-refractivity contribution in [3.63, 3.8) is 0 Å². The van der Waals surface area contributed by atoms with Gasteiger partial charge < -0.3 is 15.5 Å². The Morgan fingerprint density at radius 3 is 2.65 bits per heavy atom. The van der Waals surface area contributed by atoms with Crippen LogP contribution in [0, 0.1) is 0 Å². The molecule has 0 spiro atoms. The number of nitrogens with zero attached hydrogens (tertiary/aromatic N) is 3. The first-order valence-corrected chi connectivity index (χ1v) is 5.49. The number of hydrogen-bond acceptors (Lipinski definition) is 4. The van der Waals surface area contributed by atoms with E-state index >= 15 is 0 Å². The fourth-order valence-electron chi connectivity index (χ4n) is 1.33. The largest absolute Gasteiger partial charge is 0.389 e. The standard InChI is InChI=1S/C11H16N4OS/c1-14(2)10(16)7-15(3)9-6-13-5-4-8(9)11(12)17/h4-6H,7H2,1-3H3,(H2,12,17). The molecule has 0 aromatic carbocycles. The smallest absolute Gasteiger partial charge is 0.241 e. The number of carbonyl (C=O) groups excluding carboxylic acids is 1. The number of nitrogens with two attached hydrogens (primary N) is 1. The van der Waals surface area contributed by atoms with E-state index in [9.17, 15) is 4.79 Å². The van der Waals surface area contributed by atoms with Gasteiger partial charge in [0, 0.05) is 32.9 Å². The monoisotopic (exact) mass is 252 g/mol. The molecule has 0 aliphatic carbocycles. The fraction of sp³-hybridized carbons (Fsp3) is 0.364. The lowest BCUT2D eigenvalue weighted by Crippen LogP contribution is -2.35. The number of hydrogen-bond donors (Lipinski definition) is 1. The summed E-state index contributed by atoms with van der Waals surface area (Å²) in [5.74, 6) is 0.00485. The maximum absolute atomic E-state index is 11.6. The number of pyridine rings is 1. The molecule has 1 aromatic heterocycles. The summed E-state index contributed by atoms with van der Waals surface area (Å²) < 4.78 is 0. The predicted molar refractivity (Wildman–Crippen MR) is 72.1 cm³/mol. The van der Waals surface area contributed by atoms with Crippen molar-refractivity contribution in [2.24, 2.45) is 5.73 Å². The molecule has 0 fully saturated rings. The third kappa shape index (κ3) is 3.39. The van der Waals surface area contributed by atoms with Gasteiger partial charge in [0.05, 0.1) is 18.4 Å². The van der Waals surface area contributed by atoms with E-state index in [0.717, 1.165) is 11.3 Å². The maximum atomic E-state index is 11.6. The summed E-state index contributed by atoms with van der Waals surface area (Å²) in [6.07, 6.45) is 3.27. The van der Waals surface area contributed by atoms with Gasteiger partial charge in [-0.05, 0) is 6.07 Å². The van der Waals surface area contributed by atoms with Gasteiger partial charge in [0.1, 0.15) is 4.99 Å². The summed E-state index contributed by atoms with van der Waals surface area (Å²) in [6.45, 7) is 0.258. The topological polar surface area (TPSA) is 62.5 Å². The summed E-state index contributed by atoms with van der Waals surface area (Å²) in [5.41, 5.74) is 7.11. The van der Waals surface area contributed by atoms with Crippen LogP contribution in [0.3, 0.4) is 0 Å². The normalized spacial score (nSPS) is 9.82. The molecule has 92 valence electrons. The SMILES string of the molecule is CN(C)C(=O)CN(C)c1cnccc1C(N)=S. The molecule has 0 aliphatic heterocycles. The van der Waals surface area contributed by atoms with Crippen molar-refractivity contribution in [1.82, 2.24) is 9.88 Å². The Morgan fingerprint density at radius 1 is 1.47 bits per heavy atom. The van der Waals surface area contributed by atoms with Gasteiger partial charge in [-0.1, -0.05) is 12.2 Å². The van der Waals surface area contributed by atoms with Gasteiger partial charge >= 0.3 is 0 Å². The molecule has 0 saturated heterocycles. The van der Waals surface area contributed by atoms with Crippen LogP contribution >= 0.6 is 12.2 Å². The molecular weight excluding hydrogens is 236 g/mol. The minimum atomic E-state index is 0.00485. The number of anilines is 1. The van der Waals surface area contributed by atoms with Crippen molar-refractivity contribution in [1.29, 1.82) is 0 Å². The molecular formula is C11H16N4OS. The lowest BCUT2D eigenvalue weighted by molar-refractivity contribution is -0.127. The van der Waals surface area contributed by atoms with Gasteiger partial charge in [0.15, 0.2) is 0 Å². The summed E-state index contributed by atoms with van der Waals surface area (Å²) in [7, 11) is 5.24. The Bertz CT molecular complexity index is 433. The van der Waals surface area contributed by atoms with Crippen molar-refractivity contribution < 1.29 is 4.79 Å². The Kier molecular flexibility index (Phi) is 4.39. The molecule has 0 atom stereocenters. The van der Waals surface area contributed by atoms with Crippen molar-refractivity contribution in [3.8, 4) is 0 Å². The zero-order valence-electron chi connectivity index (χ0n) is 10.2. The Labute approximate surface area is 106 Å². The van der Waals surface area contributed by atoms with Gasteiger partial charge in [-0.2, -0.15) is 0 Å². The number of aromatic nitrogens is 1. The van der Waals surface area contributed by atoms with E-state index in [-0.39, 0.29) is 12.5 Å². The van der Waals surface area contributed by atoms with E-state index in [1.165, 1.54) is 4.90 Å². The summed E-state index contributed by atoms with van der Waals surface area (Å²) >= 11 is 4.96. The van der Waals surface area contributed by atoms with Gasteiger partial charge in [-0.3, -0.25) is 9.78 Å². The van der Waals surface area contributed by atoms with Crippen LogP contribution in [-0.4, -0.2) is 48.5 Å². The molecule has 17 heavy (non-hydrogen) atoms. The number of carbonyl (C=O) groups is 1. The number of thiocarbonyl (C=S) groups is 1. The van der Waals surface area contributed by atoms with Crippen LogP contribution in [0.5, 0.6) is 0 Å². The molecule has 5 nitrogen and oxygen atoms in total. The molecule has 0 unspecified atom stereocenters. The van der Waals surface area contributed by atoms with Gasteiger partial charge in [0.2, 0.25) is 5.91 Å². The van der Waals surface area contributed by atoms with Crippen LogP contribution in [0.15, 0.2) is 18.5 Å². The first kappa shape index (κ1) is 13.4. The molecule has 0 aliphatic rings. The second kappa shape index (κ2) is 5.58. The van der Waals surface area contributed by atoms with Crippen LogP contribution in [0.1, 0.15) is 5.56 Å². The van der Waals surface area contributed by atoms with E-state index in [0.29, 0.717) is 4.99 Å². The van der Waals surface area contributed by atoms with Crippen molar-refractivity contribution in [2.75, 3.05) is 32.6 Å². The lowest BCUT2D eigenvalue weighted by atomic mass is 10.2. The minimum Gasteiger partial charge on any atom is -0.389 e. The Morgan fingerprint density at radius 2 is 2.12 bits per heavy atom. The fourth-order valence-corrected chi connectivity index (χ4v) is 1.50. The van der Waals surface area contributed by atoms with Crippen LogP contribution < -0.4 is 10.6 Å². The number of amides is 1. The maximum Gasteiger partial charge on any atom is 0.241 e. The van der Waals surface area contributed by atoms with Gasteiger partial charge in [0.25, 0.3) is 0 Å². The Hall–Kier alpha value is -1.69. The minimum absolute atomic E-state index is 0.00485. The second-order valence-corrected chi connectivity index (χ2v) is 4.34. The van der Waals surface area contributed by atoms with E-state index in [4.69, 9.17) is 18.0 Å². The van der Waals surface area contributed by atoms with E-state index < -0.39 is 0 Å². The van der Waals surface area contributed by atoms with Gasteiger partial charge in [-0.25, -0.2) is 0 Å². The van der Waals surface area contributed by atoms with Crippen molar-refractivity contribution >= 4 is 28.8 Å². The van der Waals surface area contributed by atoms with E-state index in [1.54, 1.807) is 44.5 Å². The average Bonchev–Trinajstić information content (AvgIpc) is 2.28. The molecule has 1 rings (SSSR count). The molecule has 0 saturated carbocycles. The Balaban J connectivity index is 2.92. The lowest BCUT2D eigenvalue weighted by Gasteiger charge is -2.22. The van der Waals surface area contributed by atoms with Crippen LogP contribution in [-0.2, 0) is 4.79 Å². The van der Waals surface area contributed by atoms with E-state index in [1.807, 2.05) is 0 Å². The highest BCUT2D eigenvalue weighted by Crippen LogP contribution is 2.17. The van der Waals surface area contributed by atoms with Crippen molar-refractivity contribution in [3.05, 3.63) is 24.0 Å². The third-order valence-electron chi connectivity index (χ3n) is 2.35. The summed E-state index contributed by atoms with van der Waals surface area (Å²) in [4.78, 5) is 19.2. The summed E-state index contributed by atoms with van der Waals surface area (Å²) in [6, 6.07) is 1.74. The molecule has 1 heterocycles. The van der Waals surface area contributed by atoms with Crippen molar-refractivity contribution in [2.45, 2.75) is 0 Å². The quantitative estimate of drug-likeness (QED) is 0.778. The first-order valence-electron chi connectivity index (χ1n) is 5.08. The second-order valence-electron chi connectivity index (χ2n) is 3.90.